The van der Waals surface area contributed by atoms with Crippen LogP contribution in [-0.2, 0) is 0 Å². The van der Waals surface area contributed by atoms with Gasteiger partial charge in [0.15, 0.2) is 0 Å². The van der Waals surface area contributed by atoms with E-state index in [1.807, 2.05) is 0 Å². The van der Waals surface area contributed by atoms with Gasteiger partial charge in [-0.25, -0.2) is 4.98 Å². The molecule has 2 rings (SSSR count). The first-order chi connectivity index (χ1) is 9.08. The summed E-state index contributed by atoms with van der Waals surface area (Å²) in [5.74, 6) is 1.07. The predicted octanol–water partition coefficient (Wildman–Crippen LogP) is 1.37. The molecule has 2 heterocycles. The van der Waals surface area contributed by atoms with Crippen LogP contribution in [-0.4, -0.2) is 29.0 Å². The Morgan fingerprint density at radius 3 is 3.00 bits per heavy atom. The maximum Gasteiger partial charge on any atom is 0.311 e. The third-order valence-corrected chi connectivity index (χ3v) is 3.52. The average Bonchev–Trinajstić information content (AvgIpc) is 2.39. The van der Waals surface area contributed by atoms with Crippen LogP contribution in [0.2, 0.25) is 0 Å². The van der Waals surface area contributed by atoms with Crippen LogP contribution in [0.3, 0.4) is 0 Å². The van der Waals surface area contributed by atoms with Gasteiger partial charge in [0.2, 0.25) is 5.82 Å². The predicted molar refractivity (Wildman–Crippen MR) is 74.0 cm³/mol. The van der Waals surface area contributed by atoms with Crippen LogP contribution < -0.4 is 16.4 Å². The standard InChI is InChI=1S/C12H19N5O2/c1-8(9-3-2-6-14-7-9)15-11-5-4-10(17(18)19)12(13)16-11/h4-5,8-9,14H,2-3,6-7H2,1H3,(H3,13,15,16). The summed E-state index contributed by atoms with van der Waals surface area (Å²) < 4.78 is 0. The van der Waals surface area contributed by atoms with E-state index in [9.17, 15) is 10.1 Å². The maximum absolute atomic E-state index is 10.7. The van der Waals surface area contributed by atoms with Crippen molar-refractivity contribution in [3.63, 3.8) is 0 Å². The largest absolute Gasteiger partial charge is 0.378 e. The van der Waals surface area contributed by atoms with Crippen LogP contribution in [0.1, 0.15) is 19.8 Å². The lowest BCUT2D eigenvalue weighted by Gasteiger charge is -2.29. The lowest BCUT2D eigenvalue weighted by Crippen LogP contribution is -2.38. The van der Waals surface area contributed by atoms with Gasteiger partial charge in [-0.1, -0.05) is 0 Å². The number of aromatic nitrogens is 1. The molecule has 0 aliphatic carbocycles. The highest BCUT2D eigenvalue weighted by Gasteiger charge is 2.20. The molecule has 1 aromatic rings. The SMILES string of the molecule is CC(Nc1ccc([N+](=O)[O-])c(N)n1)C1CCCNC1. The minimum atomic E-state index is -0.527. The van der Waals surface area contributed by atoms with Crippen molar-refractivity contribution >= 4 is 17.3 Å². The van der Waals surface area contributed by atoms with Crippen molar-refractivity contribution < 1.29 is 4.92 Å². The first kappa shape index (κ1) is 13.5. The van der Waals surface area contributed by atoms with Crippen molar-refractivity contribution in [3.8, 4) is 0 Å². The van der Waals surface area contributed by atoms with Gasteiger partial charge in [-0.15, -0.1) is 0 Å². The summed E-state index contributed by atoms with van der Waals surface area (Å²) in [6, 6.07) is 3.23. The van der Waals surface area contributed by atoms with E-state index in [1.165, 1.54) is 18.9 Å². The molecule has 0 spiro atoms. The monoisotopic (exact) mass is 265 g/mol. The molecule has 2 unspecified atom stereocenters. The molecular formula is C12H19N5O2. The van der Waals surface area contributed by atoms with Gasteiger partial charge in [-0.05, 0) is 44.8 Å². The molecule has 0 amide bonds. The van der Waals surface area contributed by atoms with E-state index >= 15 is 0 Å². The van der Waals surface area contributed by atoms with E-state index in [-0.39, 0.29) is 17.5 Å². The molecule has 0 bridgehead atoms. The molecule has 7 heteroatoms. The van der Waals surface area contributed by atoms with Crippen LogP contribution >= 0.6 is 0 Å². The lowest BCUT2D eigenvalue weighted by molar-refractivity contribution is -0.384. The number of nitrogen functional groups attached to an aromatic ring is 1. The molecule has 1 aliphatic heterocycles. The third kappa shape index (κ3) is 3.31. The Morgan fingerprint density at radius 2 is 2.42 bits per heavy atom. The normalized spacial score (nSPS) is 20.8. The Bertz CT molecular complexity index is 459. The number of rotatable bonds is 4. The Morgan fingerprint density at radius 1 is 1.63 bits per heavy atom. The van der Waals surface area contributed by atoms with Crippen molar-refractivity contribution in [2.45, 2.75) is 25.8 Å². The fourth-order valence-electron chi connectivity index (χ4n) is 2.36. The van der Waals surface area contributed by atoms with E-state index in [0.717, 1.165) is 13.1 Å². The highest BCUT2D eigenvalue weighted by atomic mass is 16.6. The molecule has 1 aliphatic rings. The Hall–Kier alpha value is -1.89. The summed E-state index contributed by atoms with van der Waals surface area (Å²) in [5, 5.41) is 17.3. The van der Waals surface area contributed by atoms with Crippen LogP contribution in [0.25, 0.3) is 0 Å². The van der Waals surface area contributed by atoms with E-state index in [0.29, 0.717) is 11.7 Å². The average molecular weight is 265 g/mol. The van der Waals surface area contributed by atoms with Crippen molar-refractivity contribution in [1.82, 2.24) is 10.3 Å². The van der Waals surface area contributed by atoms with Gasteiger partial charge in [-0.3, -0.25) is 10.1 Å². The summed E-state index contributed by atoms with van der Waals surface area (Å²) in [7, 11) is 0. The smallest absolute Gasteiger partial charge is 0.311 e. The molecule has 104 valence electrons. The van der Waals surface area contributed by atoms with Crippen LogP contribution in [0.5, 0.6) is 0 Å². The van der Waals surface area contributed by atoms with E-state index in [2.05, 4.69) is 22.5 Å². The second-order valence-corrected chi connectivity index (χ2v) is 4.90. The zero-order valence-electron chi connectivity index (χ0n) is 10.9. The Balaban J connectivity index is 2.02. The van der Waals surface area contributed by atoms with Gasteiger partial charge >= 0.3 is 5.69 Å². The third-order valence-electron chi connectivity index (χ3n) is 3.52. The summed E-state index contributed by atoms with van der Waals surface area (Å²) >= 11 is 0. The molecule has 0 aromatic carbocycles. The topological polar surface area (TPSA) is 106 Å². The minimum absolute atomic E-state index is 0.0519. The van der Waals surface area contributed by atoms with Gasteiger partial charge in [0, 0.05) is 12.1 Å². The van der Waals surface area contributed by atoms with Crippen molar-refractivity contribution in [2.75, 3.05) is 24.1 Å². The number of hydrogen-bond acceptors (Lipinski definition) is 6. The van der Waals surface area contributed by atoms with Gasteiger partial charge in [0.05, 0.1) is 4.92 Å². The Labute approximate surface area is 111 Å². The molecule has 19 heavy (non-hydrogen) atoms. The van der Waals surface area contributed by atoms with Crippen LogP contribution in [0, 0.1) is 16.0 Å². The summed E-state index contributed by atoms with van der Waals surface area (Å²) in [6.45, 7) is 4.15. The molecule has 0 radical (unpaired) electrons. The molecular weight excluding hydrogens is 246 g/mol. The molecule has 4 N–H and O–H groups in total. The van der Waals surface area contributed by atoms with Crippen LogP contribution in [0.15, 0.2) is 12.1 Å². The fourth-order valence-corrected chi connectivity index (χ4v) is 2.36. The second-order valence-electron chi connectivity index (χ2n) is 4.90. The number of nitrogens with one attached hydrogen (secondary N) is 2. The van der Waals surface area contributed by atoms with E-state index in [4.69, 9.17) is 5.73 Å². The van der Waals surface area contributed by atoms with E-state index in [1.54, 1.807) is 6.07 Å². The minimum Gasteiger partial charge on any atom is -0.378 e. The number of nitrogens with two attached hydrogens (primary N) is 1. The van der Waals surface area contributed by atoms with E-state index < -0.39 is 4.92 Å². The molecule has 1 fully saturated rings. The molecule has 1 saturated heterocycles. The highest BCUT2D eigenvalue weighted by molar-refractivity contribution is 5.57. The molecule has 7 nitrogen and oxygen atoms in total. The first-order valence-corrected chi connectivity index (χ1v) is 6.46. The first-order valence-electron chi connectivity index (χ1n) is 6.46. The quantitative estimate of drug-likeness (QED) is 0.561. The molecule has 2 atom stereocenters. The molecule has 1 aromatic heterocycles. The summed E-state index contributed by atoms with van der Waals surface area (Å²) in [5.41, 5.74) is 5.42. The summed E-state index contributed by atoms with van der Waals surface area (Å²) in [6.07, 6.45) is 2.34. The van der Waals surface area contributed by atoms with Crippen molar-refractivity contribution in [3.05, 3.63) is 22.2 Å². The number of piperidine rings is 1. The highest BCUT2D eigenvalue weighted by Crippen LogP contribution is 2.23. The van der Waals surface area contributed by atoms with Gasteiger partial charge in [0.25, 0.3) is 0 Å². The summed E-state index contributed by atoms with van der Waals surface area (Å²) in [4.78, 5) is 14.2. The van der Waals surface area contributed by atoms with Gasteiger partial charge < -0.3 is 16.4 Å². The molecule has 0 saturated carbocycles. The number of anilines is 2. The van der Waals surface area contributed by atoms with Gasteiger partial charge in [-0.2, -0.15) is 0 Å². The van der Waals surface area contributed by atoms with Gasteiger partial charge in [0.1, 0.15) is 5.82 Å². The number of hydrogen-bond donors (Lipinski definition) is 3. The maximum atomic E-state index is 10.7. The Kier molecular flexibility index (Phi) is 4.16. The lowest BCUT2D eigenvalue weighted by atomic mass is 9.93. The number of nitro groups is 1. The van der Waals surface area contributed by atoms with Crippen molar-refractivity contribution in [2.24, 2.45) is 5.92 Å². The van der Waals surface area contributed by atoms with Crippen LogP contribution in [0.4, 0.5) is 17.3 Å². The zero-order chi connectivity index (χ0) is 13.8. The zero-order valence-corrected chi connectivity index (χ0v) is 10.9. The van der Waals surface area contributed by atoms with Crippen molar-refractivity contribution in [1.29, 1.82) is 0 Å². The fraction of sp³-hybridized carbons (Fsp3) is 0.583. The number of nitrogens with zero attached hydrogens (tertiary/aromatic N) is 2. The second kappa shape index (κ2) is 5.83. The number of pyridine rings is 1.